The molecule has 0 fully saturated rings. The number of carbonyl (C=O) groups excluding carboxylic acids is 5. The molecular formula is C23H15NO8. The van der Waals surface area contributed by atoms with E-state index >= 15 is 0 Å². The summed E-state index contributed by atoms with van der Waals surface area (Å²) in [4.78, 5) is 66.5. The Balaban J connectivity index is 2.11. The third-order valence-corrected chi connectivity index (χ3v) is 4.66. The number of nitrogens with zero attached hydrogens (tertiary/aromatic N) is 1. The first-order chi connectivity index (χ1) is 15.2. The summed E-state index contributed by atoms with van der Waals surface area (Å²) < 4.78 is 15.5. The largest absolute Gasteiger partial charge is 0.426 e. The lowest BCUT2D eigenvalue weighted by Crippen LogP contribution is -2.26. The molecule has 9 heteroatoms. The van der Waals surface area contributed by atoms with Crippen molar-refractivity contribution in [2.75, 3.05) is 0 Å². The normalized spacial score (nSPS) is 12.1. The molecule has 0 bridgehead atoms. The van der Waals surface area contributed by atoms with Crippen LogP contribution in [0.25, 0.3) is 10.9 Å². The van der Waals surface area contributed by atoms with Crippen LogP contribution in [0.5, 0.6) is 17.2 Å². The fourth-order valence-electron chi connectivity index (χ4n) is 3.63. The molecular weight excluding hydrogens is 418 g/mol. The Hall–Kier alpha value is -4.40. The highest BCUT2D eigenvalue weighted by Gasteiger charge is 2.40. The number of benzene rings is 2. The van der Waals surface area contributed by atoms with Crippen LogP contribution in [0.3, 0.4) is 0 Å². The minimum absolute atomic E-state index is 0.106. The maximum atomic E-state index is 13.7. The number of ketones is 2. The van der Waals surface area contributed by atoms with E-state index in [1.54, 1.807) is 12.1 Å². The molecule has 1 aromatic heterocycles. The zero-order chi connectivity index (χ0) is 23.2. The van der Waals surface area contributed by atoms with Crippen LogP contribution < -0.4 is 14.2 Å². The number of esters is 3. The second-order valence-corrected chi connectivity index (χ2v) is 6.95. The van der Waals surface area contributed by atoms with Gasteiger partial charge in [0.05, 0.1) is 27.8 Å². The van der Waals surface area contributed by atoms with Crippen LogP contribution in [0.15, 0.2) is 36.5 Å². The zero-order valence-electron chi connectivity index (χ0n) is 17.2. The Labute approximate surface area is 180 Å². The molecule has 0 unspecified atom stereocenters. The van der Waals surface area contributed by atoms with E-state index in [0.29, 0.717) is 5.39 Å². The topological polar surface area (TPSA) is 126 Å². The molecule has 0 atom stereocenters. The van der Waals surface area contributed by atoms with Crippen LogP contribution in [0.2, 0.25) is 0 Å². The molecule has 0 amide bonds. The average molecular weight is 433 g/mol. The van der Waals surface area contributed by atoms with Crippen molar-refractivity contribution in [1.82, 2.24) is 4.98 Å². The first-order valence-corrected chi connectivity index (χ1v) is 9.42. The van der Waals surface area contributed by atoms with Crippen molar-refractivity contribution >= 4 is 40.4 Å². The van der Waals surface area contributed by atoms with Crippen molar-refractivity contribution in [2.45, 2.75) is 20.8 Å². The van der Waals surface area contributed by atoms with Gasteiger partial charge in [0.25, 0.3) is 0 Å². The van der Waals surface area contributed by atoms with Crippen molar-refractivity contribution in [3.63, 3.8) is 0 Å². The molecule has 2 aromatic carbocycles. The number of hydrogen-bond donors (Lipinski definition) is 0. The Kier molecular flexibility index (Phi) is 5.01. The molecule has 4 rings (SSSR count). The van der Waals surface area contributed by atoms with Gasteiger partial charge in [0.1, 0.15) is 17.2 Å². The van der Waals surface area contributed by atoms with Crippen LogP contribution in [0, 0.1) is 0 Å². The number of ether oxygens (including phenoxy) is 3. The Morgan fingerprint density at radius 3 is 1.69 bits per heavy atom. The van der Waals surface area contributed by atoms with E-state index in [0.717, 1.165) is 20.8 Å². The van der Waals surface area contributed by atoms with Crippen molar-refractivity contribution in [1.29, 1.82) is 0 Å². The standard InChI is InChI=1S/C23H15NO8/c1-10(25)30-14-6-7-15(31-11(2)26)18-17(14)22(28)19-16(32-12(3)27)9-13-5-4-8-24-21(13)20(19)23(18)29/h4-9H,1-3H3. The summed E-state index contributed by atoms with van der Waals surface area (Å²) in [5.41, 5.74) is -0.625. The van der Waals surface area contributed by atoms with Gasteiger partial charge in [0.15, 0.2) is 0 Å². The van der Waals surface area contributed by atoms with E-state index in [4.69, 9.17) is 14.2 Å². The van der Waals surface area contributed by atoms with Crippen LogP contribution in [-0.2, 0) is 14.4 Å². The Morgan fingerprint density at radius 1 is 0.688 bits per heavy atom. The summed E-state index contributed by atoms with van der Waals surface area (Å²) in [6, 6.07) is 7.21. The molecule has 0 spiro atoms. The lowest BCUT2D eigenvalue weighted by Gasteiger charge is -2.24. The minimum Gasteiger partial charge on any atom is -0.426 e. The van der Waals surface area contributed by atoms with Gasteiger partial charge in [0, 0.05) is 32.4 Å². The van der Waals surface area contributed by atoms with E-state index in [1.807, 2.05) is 0 Å². The van der Waals surface area contributed by atoms with Gasteiger partial charge in [-0.25, -0.2) is 0 Å². The molecule has 9 nitrogen and oxygen atoms in total. The second-order valence-electron chi connectivity index (χ2n) is 6.95. The van der Waals surface area contributed by atoms with Crippen LogP contribution in [0.1, 0.15) is 52.6 Å². The smallest absolute Gasteiger partial charge is 0.308 e. The lowest BCUT2D eigenvalue weighted by molar-refractivity contribution is -0.133. The summed E-state index contributed by atoms with van der Waals surface area (Å²) in [6.45, 7) is 3.44. The van der Waals surface area contributed by atoms with Crippen LogP contribution >= 0.6 is 0 Å². The van der Waals surface area contributed by atoms with E-state index in [1.165, 1.54) is 24.4 Å². The summed E-state index contributed by atoms with van der Waals surface area (Å²) in [5.74, 6) is -4.08. The number of carbonyl (C=O) groups is 5. The highest BCUT2D eigenvalue weighted by molar-refractivity contribution is 6.34. The van der Waals surface area contributed by atoms with Gasteiger partial charge in [-0.2, -0.15) is 0 Å². The van der Waals surface area contributed by atoms with Gasteiger partial charge in [0.2, 0.25) is 11.6 Å². The molecule has 32 heavy (non-hydrogen) atoms. The molecule has 0 saturated carbocycles. The molecule has 3 aromatic rings. The fraction of sp³-hybridized carbons (Fsp3) is 0.130. The molecule has 0 N–H and O–H groups in total. The molecule has 1 heterocycles. The van der Waals surface area contributed by atoms with Crippen molar-refractivity contribution < 1.29 is 38.2 Å². The van der Waals surface area contributed by atoms with Crippen LogP contribution in [-0.4, -0.2) is 34.5 Å². The predicted molar refractivity (Wildman–Crippen MR) is 109 cm³/mol. The van der Waals surface area contributed by atoms with Gasteiger partial charge in [-0.1, -0.05) is 6.07 Å². The molecule has 160 valence electrons. The first kappa shape index (κ1) is 20.9. The summed E-state index contributed by atoms with van der Waals surface area (Å²) in [5, 5.41) is 0.456. The second kappa shape index (κ2) is 7.69. The van der Waals surface area contributed by atoms with E-state index in [9.17, 15) is 24.0 Å². The number of fused-ring (bicyclic) bond motifs is 4. The van der Waals surface area contributed by atoms with E-state index in [2.05, 4.69) is 4.98 Å². The molecule has 0 aliphatic heterocycles. The quantitative estimate of drug-likeness (QED) is 0.354. The third-order valence-electron chi connectivity index (χ3n) is 4.66. The van der Waals surface area contributed by atoms with Crippen molar-refractivity contribution in [3.8, 4) is 17.2 Å². The molecule has 1 aliphatic carbocycles. The van der Waals surface area contributed by atoms with Crippen molar-refractivity contribution in [3.05, 3.63) is 58.8 Å². The van der Waals surface area contributed by atoms with Crippen molar-refractivity contribution in [2.24, 2.45) is 0 Å². The Morgan fingerprint density at radius 2 is 1.16 bits per heavy atom. The zero-order valence-corrected chi connectivity index (χ0v) is 17.2. The predicted octanol–water partition coefficient (Wildman–Crippen LogP) is 2.79. The number of pyridine rings is 1. The SMILES string of the molecule is CC(=O)Oc1ccc(OC(C)=O)c2c1C(=O)c1c(OC(C)=O)cc3cccnc3c1C2=O. The lowest BCUT2D eigenvalue weighted by atomic mass is 9.81. The molecule has 0 radical (unpaired) electrons. The highest BCUT2D eigenvalue weighted by atomic mass is 16.5. The van der Waals surface area contributed by atoms with E-state index < -0.39 is 29.5 Å². The van der Waals surface area contributed by atoms with Gasteiger partial charge in [-0.05, 0) is 24.3 Å². The monoisotopic (exact) mass is 433 g/mol. The minimum atomic E-state index is -0.747. The van der Waals surface area contributed by atoms with Gasteiger partial charge < -0.3 is 14.2 Å². The third kappa shape index (κ3) is 3.39. The summed E-state index contributed by atoms with van der Waals surface area (Å²) in [6.07, 6.45) is 1.45. The fourth-order valence-corrected chi connectivity index (χ4v) is 3.63. The summed E-state index contributed by atoms with van der Waals surface area (Å²) >= 11 is 0. The number of rotatable bonds is 3. The van der Waals surface area contributed by atoms with E-state index in [-0.39, 0.29) is 45.0 Å². The molecule has 0 saturated heterocycles. The maximum absolute atomic E-state index is 13.7. The Bertz CT molecular complexity index is 1370. The number of hydrogen-bond acceptors (Lipinski definition) is 9. The number of aromatic nitrogens is 1. The summed E-state index contributed by atoms with van der Waals surface area (Å²) in [7, 11) is 0. The first-order valence-electron chi connectivity index (χ1n) is 9.42. The molecule has 1 aliphatic rings. The van der Waals surface area contributed by atoms with Gasteiger partial charge >= 0.3 is 17.9 Å². The van der Waals surface area contributed by atoms with Gasteiger partial charge in [-0.3, -0.25) is 29.0 Å². The van der Waals surface area contributed by atoms with Gasteiger partial charge in [-0.15, -0.1) is 0 Å². The van der Waals surface area contributed by atoms with Crippen LogP contribution in [0.4, 0.5) is 0 Å². The maximum Gasteiger partial charge on any atom is 0.308 e. The highest BCUT2D eigenvalue weighted by Crippen LogP contribution is 2.43. The average Bonchev–Trinajstić information content (AvgIpc) is 2.71.